The first kappa shape index (κ1) is 28.6. The Balaban J connectivity index is 1.15. The van der Waals surface area contributed by atoms with Crippen molar-refractivity contribution in [1.82, 2.24) is 14.5 Å². The first-order valence-corrected chi connectivity index (χ1v) is 18.2. The molecule has 0 spiro atoms. The summed E-state index contributed by atoms with van der Waals surface area (Å²) in [4.78, 5) is 10.8. The fourth-order valence-corrected chi connectivity index (χ4v) is 8.95. The predicted molar refractivity (Wildman–Crippen MR) is 222 cm³/mol. The van der Waals surface area contributed by atoms with Crippen molar-refractivity contribution >= 4 is 65.0 Å². The van der Waals surface area contributed by atoms with Crippen LogP contribution in [0.15, 0.2) is 176 Å². The van der Waals surface area contributed by atoms with E-state index in [2.05, 4.69) is 180 Å². The third kappa shape index (κ3) is 4.05. The van der Waals surface area contributed by atoms with Gasteiger partial charge in [0.15, 0.2) is 0 Å². The summed E-state index contributed by atoms with van der Waals surface area (Å²) in [5, 5.41) is 11.0. The van der Waals surface area contributed by atoms with Crippen molar-refractivity contribution in [2.24, 2.45) is 0 Å². The van der Waals surface area contributed by atoms with Gasteiger partial charge in [0.2, 0.25) is 5.95 Å². The molecule has 3 nitrogen and oxygen atoms in total. The molecule has 0 radical (unpaired) electrons. The minimum atomic E-state index is 0.668. The maximum absolute atomic E-state index is 5.49. The molecule has 2 aromatic heterocycles. The molecule has 0 bridgehead atoms. The summed E-state index contributed by atoms with van der Waals surface area (Å²) in [5.41, 5.74) is 12.6. The Morgan fingerprint density at radius 3 is 1.79 bits per heavy atom. The third-order valence-corrected chi connectivity index (χ3v) is 11.3. The molecule has 0 amide bonds. The molecule has 0 saturated heterocycles. The second-order valence-electron chi connectivity index (χ2n) is 14.1. The van der Waals surface area contributed by atoms with E-state index < -0.39 is 0 Å². The summed E-state index contributed by atoms with van der Waals surface area (Å²) in [6, 6.07) is 63.6. The SMILES string of the molecule is c1ccc2c(c1)-c1cccc3c1c-2cc1c3c2cc3ccccc3cc2n1-c1nc(-c2ccc(-c3cccc4ccccc34)cc2)c2ccccc2n1. The lowest BCUT2D eigenvalue weighted by molar-refractivity contribution is 1.01. The molecule has 11 aromatic rings. The molecule has 0 unspecified atom stereocenters. The van der Waals surface area contributed by atoms with Crippen LogP contribution in [0, 0.1) is 0 Å². The molecule has 0 fully saturated rings. The van der Waals surface area contributed by atoms with Crippen molar-refractivity contribution in [2.75, 3.05) is 0 Å². The van der Waals surface area contributed by atoms with Crippen molar-refractivity contribution in [1.29, 1.82) is 0 Å². The smallest absolute Gasteiger partial charge is 0.235 e. The van der Waals surface area contributed by atoms with E-state index >= 15 is 0 Å². The quantitative estimate of drug-likeness (QED) is 0.187. The lowest BCUT2D eigenvalue weighted by atomic mass is 9.96. The number of para-hydroxylation sites is 1. The second-order valence-corrected chi connectivity index (χ2v) is 14.1. The van der Waals surface area contributed by atoms with E-state index in [-0.39, 0.29) is 0 Å². The summed E-state index contributed by atoms with van der Waals surface area (Å²) in [6.07, 6.45) is 0. The van der Waals surface area contributed by atoms with E-state index in [0.29, 0.717) is 5.95 Å². The van der Waals surface area contributed by atoms with E-state index in [4.69, 9.17) is 9.97 Å². The van der Waals surface area contributed by atoms with Crippen LogP contribution in [0.1, 0.15) is 0 Å². The highest BCUT2D eigenvalue weighted by atomic mass is 15.2. The lowest BCUT2D eigenvalue weighted by Crippen LogP contribution is -2.03. The molecule has 12 rings (SSSR count). The minimum absolute atomic E-state index is 0.668. The Morgan fingerprint density at radius 1 is 0.340 bits per heavy atom. The number of nitrogens with zero attached hydrogens (tertiary/aromatic N) is 3. The molecule has 244 valence electrons. The van der Waals surface area contributed by atoms with Crippen LogP contribution >= 0.6 is 0 Å². The van der Waals surface area contributed by atoms with Gasteiger partial charge in [-0.3, -0.25) is 4.57 Å². The van der Waals surface area contributed by atoms with Gasteiger partial charge in [0.05, 0.1) is 22.2 Å². The standard InChI is InChI=1S/C50H29N3/c1-2-13-34-28-45-43(27-33(34)12-1)48-41-21-10-20-39-37-16-5-6-17-38(37)42(47(39)41)29-46(48)53(45)50-51-44-22-8-7-18-40(44)49(52-50)32-25-23-31(24-26-32)36-19-9-14-30-11-3-4-15-35(30)36/h1-29H. The van der Waals surface area contributed by atoms with Crippen LogP contribution in [0.3, 0.4) is 0 Å². The first-order chi connectivity index (χ1) is 26.3. The summed E-state index contributed by atoms with van der Waals surface area (Å²) in [5.74, 6) is 0.668. The molecule has 0 N–H and O–H groups in total. The molecular formula is C50H29N3. The Bertz CT molecular complexity index is 3330. The van der Waals surface area contributed by atoms with Gasteiger partial charge < -0.3 is 0 Å². The second kappa shape index (κ2) is 10.7. The zero-order valence-corrected chi connectivity index (χ0v) is 28.6. The van der Waals surface area contributed by atoms with Crippen LogP contribution in [-0.4, -0.2) is 14.5 Å². The van der Waals surface area contributed by atoms with E-state index in [9.17, 15) is 0 Å². The molecule has 9 aromatic carbocycles. The van der Waals surface area contributed by atoms with Crippen LogP contribution in [0.4, 0.5) is 0 Å². The summed E-state index contributed by atoms with van der Waals surface area (Å²) < 4.78 is 2.31. The Hall–Kier alpha value is -7.10. The van der Waals surface area contributed by atoms with E-state index in [1.165, 1.54) is 76.5 Å². The minimum Gasteiger partial charge on any atom is -0.278 e. The Morgan fingerprint density at radius 2 is 0.943 bits per heavy atom. The monoisotopic (exact) mass is 671 g/mol. The van der Waals surface area contributed by atoms with Crippen molar-refractivity contribution in [3.63, 3.8) is 0 Å². The highest BCUT2D eigenvalue weighted by Crippen LogP contribution is 2.51. The van der Waals surface area contributed by atoms with Gasteiger partial charge in [-0.15, -0.1) is 0 Å². The topological polar surface area (TPSA) is 30.7 Å². The van der Waals surface area contributed by atoms with Gasteiger partial charge in [-0.1, -0.05) is 152 Å². The molecule has 3 heteroatoms. The van der Waals surface area contributed by atoms with Gasteiger partial charge in [0.25, 0.3) is 0 Å². The molecule has 0 aliphatic heterocycles. The lowest BCUT2D eigenvalue weighted by Gasteiger charge is -2.13. The van der Waals surface area contributed by atoms with Crippen LogP contribution in [0.25, 0.3) is 116 Å². The molecule has 2 heterocycles. The number of benzene rings is 9. The number of fused-ring (bicyclic) bond motifs is 10. The molecule has 53 heavy (non-hydrogen) atoms. The van der Waals surface area contributed by atoms with Crippen molar-refractivity contribution < 1.29 is 0 Å². The van der Waals surface area contributed by atoms with Gasteiger partial charge >= 0.3 is 0 Å². The first-order valence-electron chi connectivity index (χ1n) is 18.2. The zero-order valence-electron chi connectivity index (χ0n) is 28.6. The third-order valence-electron chi connectivity index (χ3n) is 11.3. The number of hydrogen-bond acceptors (Lipinski definition) is 2. The number of hydrogen-bond donors (Lipinski definition) is 0. The van der Waals surface area contributed by atoms with Crippen LogP contribution in [0.2, 0.25) is 0 Å². The van der Waals surface area contributed by atoms with Crippen molar-refractivity contribution in [3.05, 3.63) is 176 Å². The highest BCUT2D eigenvalue weighted by Gasteiger charge is 2.26. The fourth-order valence-electron chi connectivity index (χ4n) is 8.95. The largest absolute Gasteiger partial charge is 0.278 e. The fraction of sp³-hybridized carbons (Fsp3) is 0. The molecule has 0 atom stereocenters. The molecule has 1 aliphatic carbocycles. The highest BCUT2D eigenvalue weighted by molar-refractivity contribution is 6.30. The Labute approximate surface area is 305 Å². The summed E-state index contributed by atoms with van der Waals surface area (Å²) >= 11 is 0. The predicted octanol–water partition coefficient (Wildman–Crippen LogP) is 13.2. The average molecular weight is 672 g/mol. The number of aromatic nitrogens is 3. The van der Waals surface area contributed by atoms with Crippen LogP contribution in [0.5, 0.6) is 0 Å². The van der Waals surface area contributed by atoms with Gasteiger partial charge in [0.1, 0.15) is 0 Å². The van der Waals surface area contributed by atoms with Gasteiger partial charge in [-0.05, 0) is 90.0 Å². The molecular weight excluding hydrogens is 643 g/mol. The normalized spacial score (nSPS) is 12.2. The Kier molecular flexibility index (Phi) is 5.77. The summed E-state index contributed by atoms with van der Waals surface area (Å²) in [6.45, 7) is 0. The van der Waals surface area contributed by atoms with Crippen LogP contribution in [-0.2, 0) is 0 Å². The van der Waals surface area contributed by atoms with Crippen molar-refractivity contribution in [3.8, 4) is 50.6 Å². The maximum atomic E-state index is 5.49. The van der Waals surface area contributed by atoms with Gasteiger partial charge in [-0.25, -0.2) is 9.97 Å². The molecule has 0 saturated carbocycles. The van der Waals surface area contributed by atoms with Gasteiger partial charge in [0, 0.05) is 21.7 Å². The van der Waals surface area contributed by atoms with E-state index in [1.54, 1.807) is 0 Å². The van der Waals surface area contributed by atoms with E-state index in [0.717, 1.165) is 33.2 Å². The van der Waals surface area contributed by atoms with Crippen LogP contribution < -0.4 is 0 Å². The average Bonchev–Trinajstić information content (AvgIpc) is 3.72. The summed E-state index contributed by atoms with van der Waals surface area (Å²) in [7, 11) is 0. The van der Waals surface area contributed by atoms with Gasteiger partial charge in [-0.2, -0.15) is 0 Å². The van der Waals surface area contributed by atoms with E-state index in [1.807, 2.05) is 0 Å². The molecule has 1 aliphatic rings. The number of rotatable bonds is 3. The zero-order chi connectivity index (χ0) is 34.6. The van der Waals surface area contributed by atoms with Crippen molar-refractivity contribution in [2.45, 2.75) is 0 Å². The maximum Gasteiger partial charge on any atom is 0.235 e.